The normalized spacial score (nSPS) is 11.4. The zero-order valence-corrected chi connectivity index (χ0v) is 15.5. The largest absolute Gasteiger partial charge is 0.496 e. The highest BCUT2D eigenvalue weighted by Gasteiger charge is 2.20. The summed E-state index contributed by atoms with van der Waals surface area (Å²) in [7, 11) is 1.59. The second kappa shape index (κ2) is 6.89. The van der Waals surface area contributed by atoms with Crippen molar-refractivity contribution in [1.29, 1.82) is 0 Å². The number of thiazole rings is 1. The van der Waals surface area contributed by atoms with E-state index in [1.54, 1.807) is 19.2 Å². The number of hydrogen-bond donors (Lipinski definition) is 0. The van der Waals surface area contributed by atoms with Crippen molar-refractivity contribution < 1.29 is 14.3 Å². The molecular weight excluding hydrogens is 334 g/mol. The highest BCUT2D eigenvalue weighted by molar-refractivity contribution is 7.15. The number of rotatable bonds is 4. The molecule has 0 amide bonds. The first-order valence-electron chi connectivity index (χ1n) is 7.21. The highest BCUT2D eigenvalue weighted by Crippen LogP contribution is 2.36. The Morgan fingerprint density at radius 1 is 1.35 bits per heavy atom. The number of hydrogen-bond acceptors (Lipinski definition) is 5. The van der Waals surface area contributed by atoms with Crippen LogP contribution in [0.3, 0.4) is 0 Å². The van der Waals surface area contributed by atoms with E-state index in [2.05, 4.69) is 4.98 Å². The van der Waals surface area contributed by atoms with E-state index in [0.717, 1.165) is 21.1 Å². The van der Waals surface area contributed by atoms with Crippen LogP contribution in [0.5, 0.6) is 5.75 Å². The number of halogens is 1. The summed E-state index contributed by atoms with van der Waals surface area (Å²) < 4.78 is 10.7. The van der Waals surface area contributed by atoms with Gasteiger partial charge in [-0.3, -0.25) is 4.79 Å². The van der Waals surface area contributed by atoms with Gasteiger partial charge in [0.25, 0.3) is 0 Å². The van der Waals surface area contributed by atoms with E-state index < -0.39 is 5.60 Å². The molecule has 2 rings (SSSR count). The number of ether oxygens (including phenoxy) is 2. The van der Waals surface area contributed by atoms with Crippen LogP contribution in [0.15, 0.2) is 18.2 Å². The molecular formula is C17H20ClNO3S. The lowest BCUT2D eigenvalue weighted by molar-refractivity contribution is -0.153. The van der Waals surface area contributed by atoms with E-state index in [-0.39, 0.29) is 12.4 Å². The zero-order valence-electron chi connectivity index (χ0n) is 13.9. The minimum absolute atomic E-state index is 0.219. The summed E-state index contributed by atoms with van der Waals surface area (Å²) in [5, 5.41) is 1.41. The fourth-order valence-corrected chi connectivity index (χ4v) is 3.30. The van der Waals surface area contributed by atoms with Crippen molar-refractivity contribution in [2.45, 2.75) is 39.7 Å². The van der Waals surface area contributed by atoms with Gasteiger partial charge in [-0.1, -0.05) is 11.6 Å². The molecule has 1 heterocycles. The molecule has 0 radical (unpaired) electrons. The third-order valence-electron chi connectivity index (χ3n) is 3.01. The van der Waals surface area contributed by atoms with Gasteiger partial charge < -0.3 is 9.47 Å². The van der Waals surface area contributed by atoms with Crippen LogP contribution in [0.2, 0.25) is 5.02 Å². The molecule has 0 saturated carbocycles. The third-order valence-corrected chi connectivity index (χ3v) is 4.44. The molecule has 1 aromatic heterocycles. The topological polar surface area (TPSA) is 48.4 Å². The zero-order chi connectivity index (χ0) is 17.2. The maximum absolute atomic E-state index is 12.0. The van der Waals surface area contributed by atoms with Crippen LogP contribution in [0.25, 0.3) is 10.6 Å². The summed E-state index contributed by atoms with van der Waals surface area (Å²) in [5.41, 5.74) is 1.20. The summed E-state index contributed by atoms with van der Waals surface area (Å²) in [6.45, 7) is 7.46. The smallest absolute Gasteiger partial charge is 0.311 e. The molecule has 0 atom stereocenters. The molecule has 0 N–H and O–H groups in total. The molecule has 1 aromatic carbocycles. The van der Waals surface area contributed by atoms with Crippen LogP contribution in [0, 0.1) is 6.92 Å². The standard InChI is InChI=1S/C17H20ClNO3S/c1-10-14(9-15(20)22-17(2,3)4)23-16(19-10)12-7-6-11(18)8-13(12)21-5/h6-8H,9H2,1-5H3. The van der Waals surface area contributed by atoms with Crippen molar-refractivity contribution in [2.75, 3.05) is 7.11 Å². The fourth-order valence-electron chi connectivity index (χ4n) is 2.06. The van der Waals surface area contributed by atoms with Gasteiger partial charge in [0, 0.05) is 9.90 Å². The van der Waals surface area contributed by atoms with Crippen LogP contribution in [0.4, 0.5) is 0 Å². The van der Waals surface area contributed by atoms with Crippen molar-refractivity contribution in [3.05, 3.63) is 33.8 Å². The van der Waals surface area contributed by atoms with Crippen molar-refractivity contribution in [1.82, 2.24) is 4.98 Å². The second-order valence-electron chi connectivity index (χ2n) is 6.14. The van der Waals surface area contributed by atoms with Gasteiger partial charge in [0.15, 0.2) is 0 Å². The van der Waals surface area contributed by atoms with Crippen molar-refractivity contribution in [3.8, 4) is 16.3 Å². The van der Waals surface area contributed by atoms with Crippen LogP contribution >= 0.6 is 22.9 Å². The Kier molecular flexibility index (Phi) is 5.32. The van der Waals surface area contributed by atoms with Crippen LogP contribution < -0.4 is 4.74 Å². The minimum atomic E-state index is -0.488. The van der Waals surface area contributed by atoms with Crippen molar-refractivity contribution in [2.24, 2.45) is 0 Å². The Morgan fingerprint density at radius 2 is 2.04 bits per heavy atom. The summed E-state index contributed by atoms with van der Waals surface area (Å²) in [6.07, 6.45) is 0.219. The summed E-state index contributed by atoms with van der Waals surface area (Å²) in [4.78, 5) is 17.5. The predicted octanol–water partition coefficient (Wildman–Crippen LogP) is 4.66. The molecule has 2 aromatic rings. The second-order valence-corrected chi connectivity index (χ2v) is 7.66. The monoisotopic (exact) mass is 353 g/mol. The number of methoxy groups -OCH3 is 1. The van der Waals surface area contributed by atoms with Gasteiger partial charge in [-0.05, 0) is 45.9 Å². The highest BCUT2D eigenvalue weighted by atomic mass is 35.5. The van der Waals surface area contributed by atoms with Gasteiger partial charge in [-0.15, -0.1) is 11.3 Å². The molecule has 6 heteroatoms. The number of benzene rings is 1. The average Bonchev–Trinajstić information content (AvgIpc) is 2.77. The summed E-state index contributed by atoms with van der Waals surface area (Å²) in [6, 6.07) is 5.42. The van der Waals surface area contributed by atoms with E-state index in [1.807, 2.05) is 33.8 Å². The van der Waals surface area contributed by atoms with E-state index in [1.165, 1.54) is 11.3 Å². The first-order valence-corrected chi connectivity index (χ1v) is 8.41. The van der Waals surface area contributed by atoms with Gasteiger partial charge in [0.1, 0.15) is 16.4 Å². The number of aryl methyl sites for hydroxylation is 1. The van der Waals surface area contributed by atoms with E-state index in [4.69, 9.17) is 21.1 Å². The Hall–Kier alpha value is -1.59. The van der Waals surface area contributed by atoms with Gasteiger partial charge in [-0.25, -0.2) is 4.98 Å². The molecule has 124 valence electrons. The molecule has 0 aliphatic heterocycles. The van der Waals surface area contributed by atoms with E-state index >= 15 is 0 Å². The molecule has 0 bridgehead atoms. The molecule has 0 fully saturated rings. The molecule has 0 aliphatic rings. The maximum atomic E-state index is 12.0. The van der Waals surface area contributed by atoms with Crippen LogP contribution in [0.1, 0.15) is 31.3 Å². The predicted molar refractivity (Wildman–Crippen MR) is 93.4 cm³/mol. The first-order chi connectivity index (χ1) is 10.7. The SMILES string of the molecule is COc1cc(Cl)ccc1-c1nc(C)c(CC(=O)OC(C)(C)C)s1. The molecule has 0 spiro atoms. The van der Waals surface area contributed by atoms with Crippen molar-refractivity contribution >= 4 is 28.9 Å². The van der Waals surface area contributed by atoms with Crippen LogP contribution in [-0.4, -0.2) is 23.7 Å². The molecule has 0 saturated heterocycles. The molecule has 4 nitrogen and oxygen atoms in total. The first kappa shape index (κ1) is 17.8. The lowest BCUT2D eigenvalue weighted by atomic mass is 10.2. The quantitative estimate of drug-likeness (QED) is 0.750. The Balaban J connectivity index is 2.26. The number of esters is 1. The van der Waals surface area contributed by atoms with E-state index in [9.17, 15) is 4.79 Å². The number of nitrogens with zero attached hydrogens (tertiary/aromatic N) is 1. The maximum Gasteiger partial charge on any atom is 0.311 e. The number of carbonyl (C=O) groups excluding carboxylic acids is 1. The lowest BCUT2D eigenvalue weighted by Gasteiger charge is -2.19. The fraction of sp³-hybridized carbons (Fsp3) is 0.412. The Morgan fingerprint density at radius 3 is 2.65 bits per heavy atom. The van der Waals surface area contributed by atoms with Gasteiger partial charge in [0.2, 0.25) is 0 Å². The molecule has 23 heavy (non-hydrogen) atoms. The van der Waals surface area contributed by atoms with Gasteiger partial charge >= 0.3 is 5.97 Å². The van der Waals surface area contributed by atoms with Crippen molar-refractivity contribution in [3.63, 3.8) is 0 Å². The number of carbonyl (C=O) groups is 1. The number of aromatic nitrogens is 1. The van der Waals surface area contributed by atoms with Gasteiger partial charge in [-0.2, -0.15) is 0 Å². The average molecular weight is 354 g/mol. The van der Waals surface area contributed by atoms with E-state index in [0.29, 0.717) is 10.8 Å². The van der Waals surface area contributed by atoms with Crippen LogP contribution in [-0.2, 0) is 16.0 Å². The molecule has 0 unspecified atom stereocenters. The summed E-state index contributed by atoms with van der Waals surface area (Å²) in [5.74, 6) is 0.411. The van der Waals surface area contributed by atoms with Gasteiger partial charge in [0.05, 0.1) is 24.8 Å². The summed E-state index contributed by atoms with van der Waals surface area (Å²) >= 11 is 7.46. The Labute approximate surface area is 145 Å². The third kappa shape index (κ3) is 4.69. The Bertz CT molecular complexity index is 719. The molecule has 0 aliphatic carbocycles. The lowest BCUT2D eigenvalue weighted by Crippen LogP contribution is -2.24. The minimum Gasteiger partial charge on any atom is -0.496 e.